The molecular formula is C16H20N4O2. The van der Waals surface area contributed by atoms with Gasteiger partial charge in [0.05, 0.1) is 17.6 Å². The van der Waals surface area contributed by atoms with Gasteiger partial charge < -0.3 is 20.1 Å². The first-order valence-electron chi connectivity index (χ1n) is 7.50. The van der Waals surface area contributed by atoms with E-state index >= 15 is 0 Å². The summed E-state index contributed by atoms with van der Waals surface area (Å²) in [6, 6.07) is 5.07. The second kappa shape index (κ2) is 5.81. The van der Waals surface area contributed by atoms with Crippen LogP contribution < -0.4 is 5.73 Å². The lowest BCUT2D eigenvalue weighted by Crippen LogP contribution is -2.16. The predicted octanol–water partition coefficient (Wildman–Crippen LogP) is 2.82. The molecule has 2 aromatic heterocycles. The molecule has 1 aliphatic heterocycles. The molecule has 1 aliphatic rings. The number of hydrogen-bond donors (Lipinski definition) is 2. The van der Waals surface area contributed by atoms with E-state index in [4.69, 9.17) is 10.5 Å². The first kappa shape index (κ1) is 14.6. The van der Waals surface area contributed by atoms with Crippen molar-refractivity contribution < 1.29 is 9.84 Å². The number of anilines is 1. The molecule has 0 atom stereocenters. The standard InChI is InChI=1S/C13H12N4O2.C3H8/c14-13-11-12(17-3-4-19-6-10(17)16-11)8-5-7(18)1-2-9(8)15-13;1-3-2/h1-2,5,18H,3-4,6H2,(H2,14,15);3H2,1-2H3. The third kappa shape index (κ3) is 2.35. The lowest BCUT2D eigenvalue weighted by Gasteiger charge is -2.15. The molecule has 0 aliphatic carbocycles. The second-order valence-electron chi connectivity index (χ2n) is 5.34. The quantitative estimate of drug-likeness (QED) is 0.666. The average molecular weight is 300 g/mol. The van der Waals surface area contributed by atoms with Gasteiger partial charge in [0.25, 0.3) is 0 Å². The van der Waals surface area contributed by atoms with Crippen LogP contribution >= 0.6 is 0 Å². The fourth-order valence-electron chi connectivity index (χ4n) is 2.62. The number of phenols is 1. The zero-order valence-corrected chi connectivity index (χ0v) is 12.8. The van der Waals surface area contributed by atoms with Gasteiger partial charge in [0.2, 0.25) is 0 Å². The monoisotopic (exact) mass is 300 g/mol. The molecule has 4 rings (SSSR count). The van der Waals surface area contributed by atoms with Crippen molar-refractivity contribution in [3.8, 4) is 5.75 Å². The van der Waals surface area contributed by atoms with Gasteiger partial charge in [-0.25, -0.2) is 9.97 Å². The number of hydrogen-bond acceptors (Lipinski definition) is 5. The largest absolute Gasteiger partial charge is 0.508 e. The molecule has 0 amide bonds. The van der Waals surface area contributed by atoms with Crippen molar-refractivity contribution in [2.24, 2.45) is 0 Å². The lowest BCUT2D eigenvalue weighted by molar-refractivity contribution is 0.0831. The van der Waals surface area contributed by atoms with E-state index in [9.17, 15) is 5.11 Å². The van der Waals surface area contributed by atoms with Crippen molar-refractivity contribution >= 4 is 27.8 Å². The summed E-state index contributed by atoms with van der Waals surface area (Å²) >= 11 is 0. The fourth-order valence-corrected chi connectivity index (χ4v) is 2.62. The van der Waals surface area contributed by atoms with Crippen molar-refractivity contribution in [1.82, 2.24) is 14.5 Å². The van der Waals surface area contributed by atoms with E-state index < -0.39 is 0 Å². The molecule has 0 spiro atoms. The maximum atomic E-state index is 9.69. The number of rotatable bonds is 0. The highest BCUT2D eigenvalue weighted by Gasteiger charge is 2.19. The van der Waals surface area contributed by atoms with Crippen molar-refractivity contribution in [2.45, 2.75) is 33.4 Å². The van der Waals surface area contributed by atoms with Crippen LogP contribution in [-0.4, -0.2) is 26.2 Å². The highest BCUT2D eigenvalue weighted by Crippen LogP contribution is 2.31. The van der Waals surface area contributed by atoms with Crippen LogP contribution in [0.15, 0.2) is 18.2 Å². The number of nitrogens with two attached hydrogens (primary N) is 1. The number of pyridine rings is 1. The van der Waals surface area contributed by atoms with Crippen LogP contribution in [-0.2, 0) is 17.9 Å². The van der Waals surface area contributed by atoms with Gasteiger partial charge in [-0.2, -0.15) is 0 Å². The summed E-state index contributed by atoms with van der Waals surface area (Å²) in [7, 11) is 0. The molecule has 0 saturated heterocycles. The molecule has 0 unspecified atom stereocenters. The van der Waals surface area contributed by atoms with Crippen LogP contribution in [0.2, 0.25) is 0 Å². The van der Waals surface area contributed by atoms with Crippen LogP contribution in [0.1, 0.15) is 26.1 Å². The van der Waals surface area contributed by atoms with Crippen LogP contribution in [0.4, 0.5) is 5.82 Å². The van der Waals surface area contributed by atoms with Gasteiger partial charge in [0, 0.05) is 11.9 Å². The first-order valence-corrected chi connectivity index (χ1v) is 7.50. The Morgan fingerprint density at radius 1 is 1.32 bits per heavy atom. The van der Waals surface area contributed by atoms with Crippen molar-refractivity contribution in [3.63, 3.8) is 0 Å². The average Bonchev–Trinajstić information content (AvgIpc) is 2.89. The van der Waals surface area contributed by atoms with Crippen molar-refractivity contribution in [3.05, 3.63) is 24.0 Å². The van der Waals surface area contributed by atoms with Crippen LogP contribution in [0.5, 0.6) is 5.75 Å². The Morgan fingerprint density at radius 2 is 2.09 bits per heavy atom. The Hall–Kier alpha value is -2.34. The number of benzene rings is 1. The maximum Gasteiger partial charge on any atom is 0.152 e. The molecule has 0 saturated carbocycles. The van der Waals surface area contributed by atoms with Gasteiger partial charge in [0.1, 0.15) is 23.7 Å². The van der Waals surface area contributed by atoms with E-state index in [0.29, 0.717) is 24.5 Å². The summed E-state index contributed by atoms with van der Waals surface area (Å²) in [5, 5.41) is 10.6. The molecule has 0 radical (unpaired) electrons. The number of fused-ring (bicyclic) bond motifs is 5. The number of nitrogen functional groups attached to an aromatic ring is 1. The number of imidazole rings is 1. The maximum absolute atomic E-state index is 9.69. The van der Waals surface area contributed by atoms with E-state index in [-0.39, 0.29) is 5.75 Å². The second-order valence-corrected chi connectivity index (χ2v) is 5.34. The van der Waals surface area contributed by atoms with Gasteiger partial charge in [-0.15, -0.1) is 0 Å². The van der Waals surface area contributed by atoms with Crippen LogP contribution in [0.3, 0.4) is 0 Å². The minimum atomic E-state index is 0.211. The molecule has 3 aromatic rings. The third-order valence-electron chi connectivity index (χ3n) is 3.46. The van der Waals surface area contributed by atoms with Gasteiger partial charge in [0.15, 0.2) is 5.82 Å². The SMILES string of the molecule is CCC.Nc1nc2ccc(O)cc2c2c1nc1n2CCOC1. The fraction of sp³-hybridized carbons (Fsp3) is 0.375. The molecule has 6 nitrogen and oxygen atoms in total. The summed E-state index contributed by atoms with van der Waals surface area (Å²) in [5.41, 5.74) is 8.35. The molecule has 0 fully saturated rings. The Morgan fingerprint density at radius 3 is 2.86 bits per heavy atom. The molecule has 116 valence electrons. The zero-order chi connectivity index (χ0) is 15.7. The summed E-state index contributed by atoms with van der Waals surface area (Å²) in [4.78, 5) is 8.84. The summed E-state index contributed by atoms with van der Waals surface area (Å²) in [6.45, 7) is 6.12. The number of nitrogens with zero attached hydrogens (tertiary/aromatic N) is 3. The van der Waals surface area contributed by atoms with E-state index in [1.165, 1.54) is 6.42 Å². The van der Waals surface area contributed by atoms with Crippen molar-refractivity contribution in [1.29, 1.82) is 0 Å². The normalized spacial score (nSPS) is 13.7. The lowest BCUT2D eigenvalue weighted by atomic mass is 10.1. The van der Waals surface area contributed by atoms with Crippen molar-refractivity contribution in [2.75, 3.05) is 12.3 Å². The van der Waals surface area contributed by atoms with Gasteiger partial charge in [-0.1, -0.05) is 20.3 Å². The number of aromatic hydroxyl groups is 1. The Labute approximate surface area is 128 Å². The molecule has 3 N–H and O–H groups in total. The first-order chi connectivity index (χ1) is 10.7. The van der Waals surface area contributed by atoms with Gasteiger partial charge >= 0.3 is 0 Å². The summed E-state index contributed by atoms with van der Waals surface area (Å²) in [5.74, 6) is 1.48. The minimum absolute atomic E-state index is 0.211. The highest BCUT2D eigenvalue weighted by atomic mass is 16.5. The van der Waals surface area contributed by atoms with Gasteiger partial charge in [-0.3, -0.25) is 0 Å². The van der Waals surface area contributed by atoms with E-state index in [2.05, 4.69) is 28.4 Å². The van der Waals surface area contributed by atoms with Crippen LogP contribution in [0.25, 0.3) is 21.9 Å². The Balaban J connectivity index is 0.000000446. The number of aromatic nitrogens is 3. The summed E-state index contributed by atoms with van der Waals surface area (Å²) < 4.78 is 7.50. The molecular weight excluding hydrogens is 280 g/mol. The molecule has 3 heterocycles. The Bertz CT molecular complexity index is 826. The molecule has 1 aromatic carbocycles. The molecule has 22 heavy (non-hydrogen) atoms. The van der Waals surface area contributed by atoms with Crippen LogP contribution in [0, 0.1) is 0 Å². The topological polar surface area (TPSA) is 86.2 Å². The third-order valence-corrected chi connectivity index (χ3v) is 3.46. The number of phenolic OH excluding ortho intramolecular Hbond substituents is 1. The van der Waals surface area contributed by atoms with E-state index in [1.54, 1.807) is 18.2 Å². The highest BCUT2D eigenvalue weighted by molar-refractivity contribution is 6.07. The van der Waals surface area contributed by atoms with E-state index in [0.717, 1.165) is 28.8 Å². The predicted molar refractivity (Wildman–Crippen MR) is 86.7 cm³/mol. The van der Waals surface area contributed by atoms with E-state index in [1.807, 2.05) is 0 Å². The number of ether oxygens (including phenoxy) is 1. The molecule has 6 heteroatoms. The zero-order valence-electron chi connectivity index (χ0n) is 12.8. The molecule has 0 bridgehead atoms. The summed E-state index contributed by atoms with van der Waals surface area (Å²) in [6.07, 6.45) is 1.25. The minimum Gasteiger partial charge on any atom is -0.508 e. The van der Waals surface area contributed by atoms with Gasteiger partial charge in [-0.05, 0) is 18.2 Å². The Kier molecular flexibility index (Phi) is 3.85. The smallest absolute Gasteiger partial charge is 0.152 e.